The highest BCUT2D eigenvalue weighted by Gasteiger charge is 2.07. The molecule has 0 atom stereocenters. The van der Waals surface area contributed by atoms with Gasteiger partial charge in [0.05, 0.1) is 0 Å². The fraction of sp³-hybridized carbons (Fsp3) is 0.467. The number of nitrogens with two attached hydrogens (primary N) is 1. The average Bonchev–Trinajstić information content (AvgIpc) is 2.86. The topological polar surface area (TPSA) is 81.2 Å². The van der Waals surface area contributed by atoms with E-state index in [1.54, 1.807) is 0 Å². The van der Waals surface area contributed by atoms with Crippen LogP contribution in [-0.4, -0.2) is 17.4 Å². The van der Waals surface area contributed by atoms with Gasteiger partial charge in [-0.25, -0.2) is 4.98 Å². The van der Waals surface area contributed by atoms with Crippen LogP contribution in [0, 0.1) is 0 Å². The predicted octanol–water partition coefficient (Wildman–Crippen LogP) is 2.85. The molecule has 3 N–H and O–H groups in total. The Bertz CT molecular complexity index is 578. The van der Waals surface area contributed by atoms with Crippen molar-refractivity contribution < 1.29 is 9.21 Å². The van der Waals surface area contributed by atoms with Gasteiger partial charge in [0, 0.05) is 18.5 Å². The van der Waals surface area contributed by atoms with Gasteiger partial charge in [0.15, 0.2) is 11.5 Å². The van der Waals surface area contributed by atoms with Crippen LogP contribution in [0.4, 0.5) is 5.69 Å². The second-order valence-electron chi connectivity index (χ2n) is 4.79. The van der Waals surface area contributed by atoms with Crippen molar-refractivity contribution in [2.24, 2.45) is 5.73 Å². The molecule has 0 saturated heterocycles. The van der Waals surface area contributed by atoms with Crippen LogP contribution in [0.1, 0.15) is 38.5 Å². The van der Waals surface area contributed by atoms with Gasteiger partial charge in [0.2, 0.25) is 5.91 Å². The highest BCUT2D eigenvalue weighted by molar-refractivity contribution is 5.92. The maximum Gasteiger partial charge on any atom is 0.224 e. The number of nitrogens with zero attached hydrogens (tertiary/aromatic N) is 1. The summed E-state index contributed by atoms with van der Waals surface area (Å²) in [6, 6.07) is 5.52. The van der Waals surface area contributed by atoms with Crippen LogP contribution in [0.2, 0.25) is 0 Å². The van der Waals surface area contributed by atoms with Crippen LogP contribution in [-0.2, 0) is 11.2 Å². The molecule has 5 heteroatoms. The number of aryl methyl sites for hydroxylation is 1. The number of anilines is 1. The number of amides is 1. The van der Waals surface area contributed by atoms with Gasteiger partial charge in [0.25, 0.3) is 0 Å². The normalized spacial score (nSPS) is 10.9. The lowest BCUT2D eigenvalue weighted by molar-refractivity contribution is -0.116. The van der Waals surface area contributed by atoms with Crippen molar-refractivity contribution in [1.29, 1.82) is 0 Å². The van der Waals surface area contributed by atoms with E-state index in [4.69, 9.17) is 10.2 Å². The molecule has 1 amide bonds. The Balaban J connectivity index is 1.93. The molecule has 0 spiro atoms. The molecule has 2 aromatic rings. The third-order valence-corrected chi connectivity index (χ3v) is 3.13. The molecule has 108 valence electrons. The van der Waals surface area contributed by atoms with Gasteiger partial charge in [-0.05, 0) is 37.6 Å². The van der Waals surface area contributed by atoms with Crippen molar-refractivity contribution in [2.45, 2.75) is 39.0 Å². The quantitative estimate of drug-likeness (QED) is 0.761. The summed E-state index contributed by atoms with van der Waals surface area (Å²) in [5.41, 5.74) is 7.71. The van der Waals surface area contributed by atoms with Gasteiger partial charge < -0.3 is 15.5 Å². The van der Waals surface area contributed by atoms with Crippen molar-refractivity contribution in [3.8, 4) is 0 Å². The van der Waals surface area contributed by atoms with E-state index in [0.29, 0.717) is 18.9 Å². The lowest BCUT2D eigenvalue weighted by Gasteiger charge is -2.04. The predicted molar refractivity (Wildman–Crippen MR) is 79.5 cm³/mol. The number of rotatable bonds is 7. The Labute approximate surface area is 118 Å². The number of fused-ring (bicyclic) bond motifs is 1. The molecule has 1 aromatic heterocycles. The largest absolute Gasteiger partial charge is 0.441 e. The monoisotopic (exact) mass is 275 g/mol. The van der Waals surface area contributed by atoms with Crippen molar-refractivity contribution in [2.75, 3.05) is 11.9 Å². The van der Waals surface area contributed by atoms with Gasteiger partial charge in [-0.1, -0.05) is 13.3 Å². The number of nitrogens with one attached hydrogen (secondary N) is 1. The molecule has 0 aliphatic carbocycles. The number of unbranched alkanes of at least 4 members (excludes halogenated alkanes) is 2. The Morgan fingerprint density at radius 2 is 2.20 bits per heavy atom. The summed E-state index contributed by atoms with van der Waals surface area (Å²) in [7, 11) is 0. The highest BCUT2D eigenvalue weighted by Crippen LogP contribution is 2.20. The van der Waals surface area contributed by atoms with E-state index in [0.717, 1.165) is 42.5 Å². The zero-order valence-corrected chi connectivity index (χ0v) is 11.8. The Hall–Kier alpha value is -1.88. The molecular weight excluding hydrogens is 254 g/mol. The zero-order valence-electron chi connectivity index (χ0n) is 11.8. The van der Waals surface area contributed by atoms with Crippen LogP contribution in [0.5, 0.6) is 0 Å². The van der Waals surface area contributed by atoms with E-state index in [1.807, 2.05) is 25.1 Å². The van der Waals surface area contributed by atoms with Crippen molar-refractivity contribution in [1.82, 2.24) is 4.98 Å². The van der Waals surface area contributed by atoms with Gasteiger partial charge in [-0.2, -0.15) is 0 Å². The summed E-state index contributed by atoms with van der Waals surface area (Å²) < 4.78 is 5.53. The summed E-state index contributed by atoms with van der Waals surface area (Å²) >= 11 is 0. The lowest BCUT2D eigenvalue weighted by Crippen LogP contribution is -2.11. The number of carbonyl (C=O) groups is 1. The van der Waals surface area contributed by atoms with E-state index in [1.165, 1.54) is 0 Å². The standard InChI is InChI=1S/C15H21N3O2/c1-2-15-18-12-10-11(7-8-13(12)20-15)17-14(19)6-4-3-5-9-16/h7-8,10H,2-6,9,16H2,1H3,(H,17,19). The summed E-state index contributed by atoms with van der Waals surface area (Å²) in [4.78, 5) is 16.1. The second-order valence-corrected chi connectivity index (χ2v) is 4.79. The van der Waals surface area contributed by atoms with Crippen LogP contribution >= 0.6 is 0 Å². The molecule has 0 radical (unpaired) electrons. The minimum atomic E-state index is 0.0283. The second kappa shape index (κ2) is 7.05. The lowest BCUT2D eigenvalue weighted by atomic mass is 10.2. The first-order valence-electron chi connectivity index (χ1n) is 7.12. The maximum atomic E-state index is 11.8. The van der Waals surface area contributed by atoms with E-state index >= 15 is 0 Å². The first-order valence-corrected chi connectivity index (χ1v) is 7.12. The van der Waals surface area contributed by atoms with Crippen LogP contribution in [0.3, 0.4) is 0 Å². The number of aromatic nitrogens is 1. The molecule has 1 aromatic carbocycles. The third-order valence-electron chi connectivity index (χ3n) is 3.13. The van der Waals surface area contributed by atoms with Crippen LogP contribution in [0.15, 0.2) is 22.6 Å². The smallest absolute Gasteiger partial charge is 0.224 e. The van der Waals surface area contributed by atoms with Crippen LogP contribution < -0.4 is 11.1 Å². The van der Waals surface area contributed by atoms with Crippen molar-refractivity contribution in [3.05, 3.63) is 24.1 Å². The molecule has 1 heterocycles. The highest BCUT2D eigenvalue weighted by atomic mass is 16.3. The Kier molecular flexibility index (Phi) is 5.12. The number of benzene rings is 1. The van der Waals surface area contributed by atoms with Gasteiger partial charge >= 0.3 is 0 Å². The summed E-state index contributed by atoms with van der Waals surface area (Å²) in [5.74, 6) is 0.742. The number of hydrogen-bond donors (Lipinski definition) is 2. The molecular formula is C15H21N3O2. The minimum Gasteiger partial charge on any atom is -0.441 e. The third kappa shape index (κ3) is 3.81. The SMILES string of the molecule is CCc1nc2cc(NC(=O)CCCCCN)ccc2o1. The number of hydrogen-bond acceptors (Lipinski definition) is 4. The minimum absolute atomic E-state index is 0.0283. The molecule has 0 saturated carbocycles. The number of carbonyl (C=O) groups excluding carboxylic acids is 1. The molecule has 2 rings (SSSR count). The number of oxazole rings is 1. The van der Waals surface area contributed by atoms with E-state index in [2.05, 4.69) is 10.3 Å². The van der Waals surface area contributed by atoms with Crippen LogP contribution in [0.25, 0.3) is 11.1 Å². The summed E-state index contributed by atoms with van der Waals surface area (Å²) in [5, 5.41) is 2.89. The van der Waals surface area contributed by atoms with Gasteiger partial charge in [0.1, 0.15) is 5.52 Å². The molecule has 0 fully saturated rings. The molecule has 0 aliphatic rings. The first kappa shape index (κ1) is 14.5. The fourth-order valence-corrected chi connectivity index (χ4v) is 2.03. The molecule has 0 aliphatic heterocycles. The zero-order chi connectivity index (χ0) is 14.4. The Morgan fingerprint density at radius 3 is 2.95 bits per heavy atom. The maximum absolute atomic E-state index is 11.8. The first-order chi connectivity index (χ1) is 9.72. The van der Waals surface area contributed by atoms with Gasteiger partial charge in [-0.15, -0.1) is 0 Å². The fourth-order valence-electron chi connectivity index (χ4n) is 2.03. The van der Waals surface area contributed by atoms with E-state index in [9.17, 15) is 4.79 Å². The van der Waals surface area contributed by atoms with Crippen molar-refractivity contribution in [3.63, 3.8) is 0 Å². The molecule has 0 bridgehead atoms. The summed E-state index contributed by atoms with van der Waals surface area (Å²) in [6.45, 7) is 2.68. The Morgan fingerprint density at radius 1 is 1.35 bits per heavy atom. The van der Waals surface area contributed by atoms with Crippen molar-refractivity contribution >= 4 is 22.7 Å². The molecule has 20 heavy (non-hydrogen) atoms. The van der Waals surface area contributed by atoms with E-state index < -0.39 is 0 Å². The average molecular weight is 275 g/mol. The van der Waals surface area contributed by atoms with Gasteiger partial charge in [-0.3, -0.25) is 4.79 Å². The van der Waals surface area contributed by atoms with E-state index in [-0.39, 0.29) is 5.91 Å². The molecule has 0 unspecified atom stereocenters. The summed E-state index contributed by atoms with van der Waals surface area (Å²) in [6.07, 6.45) is 4.12. The molecule has 5 nitrogen and oxygen atoms in total.